The number of nitrogen functional groups attached to an aromatic ring is 1. The Balaban J connectivity index is 2.43. The molecule has 0 aliphatic carbocycles. The van der Waals surface area contributed by atoms with E-state index in [9.17, 15) is 9.59 Å². The van der Waals surface area contributed by atoms with Crippen molar-refractivity contribution in [1.29, 1.82) is 0 Å². The van der Waals surface area contributed by atoms with Gasteiger partial charge in [0, 0.05) is 26.2 Å². The standard InChI is InChI=1S/C13H20N4O3S/c1-16-11(18)8-9(15)10(13(19)20-2)21-12(8)17-5-3-7(14)4-6-17/h7H,3-6,14-15H2,1-2H3,(H,16,18). The number of methoxy groups -OCH3 is 1. The van der Waals surface area contributed by atoms with Crippen molar-refractivity contribution >= 4 is 33.9 Å². The lowest BCUT2D eigenvalue weighted by Gasteiger charge is -2.31. The molecule has 2 heterocycles. The fourth-order valence-electron chi connectivity index (χ4n) is 2.35. The van der Waals surface area contributed by atoms with Gasteiger partial charge in [-0.05, 0) is 12.8 Å². The molecule has 7 nitrogen and oxygen atoms in total. The zero-order valence-electron chi connectivity index (χ0n) is 12.1. The SMILES string of the molecule is CNC(=O)c1c(N2CCC(N)CC2)sc(C(=O)OC)c1N. The highest BCUT2D eigenvalue weighted by Gasteiger charge is 2.29. The van der Waals surface area contributed by atoms with Crippen molar-refractivity contribution in [2.45, 2.75) is 18.9 Å². The molecule has 1 amide bonds. The van der Waals surface area contributed by atoms with Crippen molar-refractivity contribution in [3.63, 3.8) is 0 Å². The number of nitrogens with zero attached hydrogens (tertiary/aromatic N) is 1. The Morgan fingerprint density at radius 3 is 2.52 bits per heavy atom. The van der Waals surface area contributed by atoms with E-state index >= 15 is 0 Å². The maximum Gasteiger partial charge on any atom is 0.350 e. The third-order valence-electron chi connectivity index (χ3n) is 3.58. The number of carbonyl (C=O) groups excluding carboxylic acids is 2. The van der Waals surface area contributed by atoms with E-state index in [1.165, 1.54) is 25.5 Å². The molecule has 1 aromatic heterocycles. The molecular weight excluding hydrogens is 292 g/mol. The van der Waals surface area contributed by atoms with Crippen molar-refractivity contribution < 1.29 is 14.3 Å². The molecule has 0 aromatic carbocycles. The summed E-state index contributed by atoms with van der Waals surface area (Å²) in [6.07, 6.45) is 1.69. The Kier molecular flexibility index (Phi) is 4.69. The fraction of sp³-hybridized carbons (Fsp3) is 0.538. The maximum absolute atomic E-state index is 12.1. The van der Waals surface area contributed by atoms with Gasteiger partial charge in [0.15, 0.2) is 0 Å². The quantitative estimate of drug-likeness (QED) is 0.697. The van der Waals surface area contributed by atoms with Crippen LogP contribution in [0.2, 0.25) is 0 Å². The number of hydrogen-bond donors (Lipinski definition) is 3. The molecule has 0 spiro atoms. The van der Waals surface area contributed by atoms with Gasteiger partial charge in [0.25, 0.3) is 5.91 Å². The highest BCUT2D eigenvalue weighted by Crippen LogP contribution is 2.39. The molecule has 1 aromatic rings. The number of esters is 1. The molecule has 1 aliphatic rings. The van der Waals surface area contributed by atoms with Gasteiger partial charge < -0.3 is 26.4 Å². The summed E-state index contributed by atoms with van der Waals surface area (Å²) in [4.78, 5) is 26.2. The molecule has 1 aliphatic heterocycles. The first-order valence-electron chi connectivity index (χ1n) is 6.72. The summed E-state index contributed by atoms with van der Waals surface area (Å²) in [5.74, 6) is -0.827. The molecule has 116 valence electrons. The number of carbonyl (C=O) groups is 2. The smallest absolute Gasteiger partial charge is 0.350 e. The summed E-state index contributed by atoms with van der Waals surface area (Å²) >= 11 is 1.19. The van der Waals surface area contributed by atoms with E-state index in [0.29, 0.717) is 10.6 Å². The lowest BCUT2D eigenvalue weighted by atomic mass is 10.1. The van der Waals surface area contributed by atoms with Crippen LogP contribution in [0.3, 0.4) is 0 Å². The second-order valence-electron chi connectivity index (χ2n) is 4.92. The summed E-state index contributed by atoms with van der Waals surface area (Å²) < 4.78 is 4.72. The van der Waals surface area contributed by atoms with Gasteiger partial charge in [-0.15, -0.1) is 11.3 Å². The van der Waals surface area contributed by atoms with Gasteiger partial charge in [0.2, 0.25) is 0 Å². The van der Waals surface area contributed by atoms with Gasteiger partial charge in [-0.2, -0.15) is 0 Å². The molecule has 0 radical (unpaired) electrons. The lowest BCUT2D eigenvalue weighted by molar-refractivity contribution is 0.0607. The molecule has 1 fully saturated rings. The van der Waals surface area contributed by atoms with Crippen LogP contribution in [0.1, 0.15) is 32.9 Å². The predicted molar refractivity (Wildman–Crippen MR) is 82.9 cm³/mol. The average Bonchev–Trinajstić information content (AvgIpc) is 2.84. The van der Waals surface area contributed by atoms with E-state index in [-0.39, 0.29) is 22.5 Å². The van der Waals surface area contributed by atoms with Crippen LogP contribution in [0, 0.1) is 0 Å². The lowest BCUT2D eigenvalue weighted by Crippen LogP contribution is -2.40. The molecule has 1 saturated heterocycles. The summed E-state index contributed by atoms with van der Waals surface area (Å²) in [7, 11) is 2.83. The van der Waals surface area contributed by atoms with Crippen molar-refractivity contribution in [3.05, 3.63) is 10.4 Å². The van der Waals surface area contributed by atoms with E-state index < -0.39 is 5.97 Å². The number of thiophene rings is 1. The highest BCUT2D eigenvalue weighted by atomic mass is 32.1. The average molecular weight is 312 g/mol. The topological polar surface area (TPSA) is 111 Å². The minimum atomic E-state index is -0.525. The normalized spacial score (nSPS) is 15.9. The van der Waals surface area contributed by atoms with Gasteiger partial charge in [-0.3, -0.25) is 4.79 Å². The summed E-state index contributed by atoms with van der Waals surface area (Å²) in [6.45, 7) is 1.48. The first-order valence-corrected chi connectivity index (χ1v) is 7.54. The number of nitrogens with one attached hydrogen (secondary N) is 1. The summed E-state index contributed by atoms with van der Waals surface area (Å²) in [6, 6.07) is 0.182. The molecule has 0 saturated carbocycles. The van der Waals surface area contributed by atoms with E-state index in [2.05, 4.69) is 10.2 Å². The van der Waals surface area contributed by atoms with Crippen LogP contribution < -0.4 is 21.7 Å². The molecule has 21 heavy (non-hydrogen) atoms. The van der Waals surface area contributed by atoms with E-state index in [1.54, 1.807) is 0 Å². The van der Waals surface area contributed by atoms with Crippen LogP contribution in [0.5, 0.6) is 0 Å². The Morgan fingerprint density at radius 1 is 1.38 bits per heavy atom. The number of amides is 1. The van der Waals surface area contributed by atoms with Crippen molar-refractivity contribution in [1.82, 2.24) is 5.32 Å². The number of anilines is 2. The summed E-state index contributed by atoms with van der Waals surface area (Å²) in [5.41, 5.74) is 12.4. The van der Waals surface area contributed by atoms with Crippen molar-refractivity contribution in [3.8, 4) is 0 Å². The van der Waals surface area contributed by atoms with E-state index in [4.69, 9.17) is 16.2 Å². The first-order chi connectivity index (χ1) is 9.99. The molecule has 2 rings (SSSR count). The van der Waals surface area contributed by atoms with E-state index in [0.717, 1.165) is 25.9 Å². The molecule has 0 bridgehead atoms. The first kappa shape index (κ1) is 15.6. The Hall–Kier alpha value is -1.80. The number of ether oxygens (including phenoxy) is 1. The third kappa shape index (κ3) is 2.96. The Bertz CT molecular complexity index is 550. The third-order valence-corrected chi connectivity index (χ3v) is 4.82. The Labute approximate surface area is 127 Å². The maximum atomic E-state index is 12.1. The molecule has 5 N–H and O–H groups in total. The van der Waals surface area contributed by atoms with Crippen molar-refractivity contribution in [2.75, 3.05) is 37.9 Å². The second kappa shape index (κ2) is 6.31. The largest absolute Gasteiger partial charge is 0.465 e. The van der Waals surface area contributed by atoms with Crippen LogP contribution >= 0.6 is 11.3 Å². The van der Waals surface area contributed by atoms with Gasteiger partial charge >= 0.3 is 5.97 Å². The number of piperidine rings is 1. The van der Waals surface area contributed by atoms with Gasteiger partial charge in [-0.1, -0.05) is 0 Å². The fourth-order valence-corrected chi connectivity index (χ4v) is 3.53. The van der Waals surface area contributed by atoms with Crippen molar-refractivity contribution in [2.24, 2.45) is 5.73 Å². The van der Waals surface area contributed by atoms with Crippen LogP contribution in [0.15, 0.2) is 0 Å². The molecule has 0 atom stereocenters. The zero-order chi connectivity index (χ0) is 15.6. The predicted octanol–water partition coefficient (Wildman–Crippen LogP) is 0.404. The second-order valence-corrected chi connectivity index (χ2v) is 5.92. The molecule has 0 unspecified atom stereocenters. The van der Waals surface area contributed by atoms with Gasteiger partial charge in [-0.25, -0.2) is 4.79 Å². The minimum absolute atomic E-state index is 0.177. The van der Waals surface area contributed by atoms with Gasteiger partial charge in [0.1, 0.15) is 9.88 Å². The minimum Gasteiger partial charge on any atom is -0.465 e. The monoisotopic (exact) mass is 312 g/mol. The van der Waals surface area contributed by atoms with Crippen LogP contribution in [0.4, 0.5) is 10.7 Å². The van der Waals surface area contributed by atoms with E-state index in [1.807, 2.05) is 0 Å². The highest BCUT2D eigenvalue weighted by molar-refractivity contribution is 7.19. The molecular formula is C13H20N4O3S. The summed E-state index contributed by atoms with van der Waals surface area (Å²) in [5, 5.41) is 3.27. The molecule has 8 heteroatoms. The number of hydrogen-bond acceptors (Lipinski definition) is 7. The van der Waals surface area contributed by atoms with Crippen LogP contribution in [-0.2, 0) is 4.74 Å². The number of rotatable bonds is 3. The van der Waals surface area contributed by atoms with Crippen LogP contribution in [-0.4, -0.2) is 45.2 Å². The van der Waals surface area contributed by atoms with Crippen LogP contribution in [0.25, 0.3) is 0 Å². The Morgan fingerprint density at radius 2 is 2.00 bits per heavy atom. The zero-order valence-corrected chi connectivity index (χ0v) is 13.0. The van der Waals surface area contributed by atoms with Gasteiger partial charge in [0.05, 0.1) is 18.4 Å². The number of nitrogens with two attached hydrogens (primary N) is 2.